The summed E-state index contributed by atoms with van der Waals surface area (Å²) in [6.45, 7) is 8.73. The molecule has 0 aliphatic carbocycles. The van der Waals surface area contributed by atoms with Gasteiger partial charge in [0.15, 0.2) is 0 Å². The highest BCUT2D eigenvalue weighted by Crippen LogP contribution is 2.19. The van der Waals surface area contributed by atoms with Gasteiger partial charge in [-0.2, -0.15) is 5.10 Å². The standard InChI is InChI=1S/C16H27N3O2/c1-13(2)15(18-9-5-4-6-10-18)16(20)21-14(3)12-19-11-7-8-17-19/h7-8,11,13-15H,4-6,9-10,12H2,1-3H3/t14-,15-/m0/s1. The number of aromatic nitrogens is 2. The summed E-state index contributed by atoms with van der Waals surface area (Å²) in [6.07, 6.45) is 7.09. The van der Waals surface area contributed by atoms with Crippen LogP contribution in [0, 0.1) is 5.92 Å². The molecule has 5 nitrogen and oxygen atoms in total. The SMILES string of the molecule is CC(C)[C@@H](C(=O)O[C@@H](C)Cn1cccn1)N1CCCCC1. The zero-order chi connectivity index (χ0) is 15.2. The quantitative estimate of drug-likeness (QED) is 0.755. The molecule has 5 heteroatoms. The highest BCUT2D eigenvalue weighted by Gasteiger charge is 2.32. The second kappa shape index (κ2) is 7.59. The zero-order valence-corrected chi connectivity index (χ0v) is 13.4. The van der Waals surface area contributed by atoms with Gasteiger partial charge in [-0.25, -0.2) is 0 Å². The minimum atomic E-state index is -0.163. The molecule has 1 fully saturated rings. The van der Waals surface area contributed by atoms with Gasteiger partial charge in [-0.3, -0.25) is 14.4 Å². The highest BCUT2D eigenvalue weighted by atomic mass is 16.5. The van der Waals surface area contributed by atoms with Gasteiger partial charge in [0.25, 0.3) is 0 Å². The molecule has 2 atom stereocenters. The summed E-state index contributed by atoms with van der Waals surface area (Å²) < 4.78 is 7.45. The maximum Gasteiger partial charge on any atom is 0.323 e. The Labute approximate surface area is 127 Å². The van der Waals surface area contributed by atoms with Crippen LogP contribution in [0.2, 0.25) is 0 Å². The average Bonchev–Trinajstić information content (AvgIpc) is 2.92. The van der Waals surface area contributed by atoms with Crippen LogP contribution in [0.25, 0.3) is 0 Å². The van der Waals surface area contributed by atoms with E-state index in [0.29, 0.717) is 6.54 Å². The molecule has 0 radical (unpaired) electrons. The number of hydrogen-bond donors (Lipinski definition) is 0. The zero-order valence-electron chi connectivity index (χ0n) is 13.4. The van der Waals surface area contributed by atoms with Crippen molar-refractivity contribution in [3.8, 4) is 0 Å². The van der Waals surface area contributed by atoms with Crippen molar-refractivity contribution in [3.05, 3.63) is 18.5 Å². The minimum absolute atomic E-state index is 0.0912. The molecule has 1 aliphatic heterocycles. The molecule has 1 aromatic rings. The summed E-state index contributed by atoms with van der Waals surface area (Å²) in [5, 5.41) is 4.15. The number of esters is 1. The van der Waals surface area contributed by atoms with Crippen LogP contribution in [0.3, 0.4) is 0 Å². The lowest BCUT2D eigenvalue weighted by Crippen LogP contribution is -2.48. The summed E-state index contributed by atoms with van der Waals surface area (Å²) in [5.74, 6) is 0.180. The molecule has 2 rings (SSSR count). The monoisotopic (exact) mass is 293 g/mol. The van der Waals surface area contributed by atoms with Gasteiger partial charge >= 0.3 is 5.97 Å². The van der Waals surface area contributed by atoms with Gasteiger partial charge in [-0.1, -0.05) is 20.3 Å². The lowest BCUT2D eigenvalue weighted by atomic mass is 9.99. The molecule has 0 aromatic carbocycles. The van der Waals surface area contributed by atoms with Gasteiger partial charge in [0, 0.05) is 12.4 Å². The Bertz CT molecular complexity index is 425. The van der Waals surface area contributed by atoms with Crippen molar-refractivity contribution in [2.45, 2.75) is 58.7 Å². The van der Waals surface area contributed by atoms with E-state index in [1.165, 1.54) is 19.3 Å². The summed E-state index contributed by atoms with van der Waals surface area (Å²) in [6, 6.07) is 1.75. The molecule has 2 heterocycles. The molecular formula is C16H27N3O2. The van der Waals surface area contributed by atoms with Crippen molar-refractivity contribution < 1.29 is 9.53 Å². The van der Waals surface area contributed by atoms with E-state index in [-0.39, 0.29) is 24.0 Å². The van der Waals surface area contributed by atoms with Gasteiger partial charge in [-0.05, 0) is 44.8 Å². The Morgan fingerprint density at radius 1 is 1.24 bits per heavy atom. The number of carbonyl (C=O) groups excluding carboxylic acids is 1. The molecule has 118 valence electrons. The fourth-order valence-corrected chi connectivity index (χ4v) is 3.02. The van der Waals surface area contributed by atoms with Gasteiger partial charge in [-0.15, -0.1) is 0 Å². The van der Waals surface area contributed by atoms with Gasteiger partial charge in [0.2, 0.25) is 0 Å². The Morgan fingerprint density at radius 2 is 1.95 bits per heavy atom. The van der Waals surface area contributed by atoms with E-state index in [2.05, 4.69) is 23.8 Å². The van der Waals surface area contributed by atoms with Gasteiger partial charge < -0.3 is 4.74 Å². The topological polar surface area (TPSA) is 47.4 Å². The third-order valence-electron chi connectivity index (χ3n) is 3.98. The molecule has 1 aromatic heterocycles. The average molecular weight is 293 g/mol. The number of rotatable bonds is 6. The first kappa shape index (κ1) is 16.0. The van der Waals surface area contributed by atoms with Crippen molar-refractivity contribution >= 4 is 5.97 Å². The van der Waals surface area contributed by atoms with Crippen LogP contribution in [0.1, 0.15) is 40.0 Å². The van der Waals surface area contributed by atoms with Crippen molar-refractivity contribution in [3.63, 3.8) is 0 Å². The van der Waals surface area contributed by atoms with Gasteiger partial charge in [0.1, 0.15) is 12.1 Å². The normalized spacial score (nSPS) is 19.4. The number of ether oxygens (including phenoxy) is 1. The molecule has 1 aliphatic rings. The molecule has 1 saturated heterocycles. The Balaban J connectivity index is 1.91. The fraction of sp³-hybridized carbons (Fsp3) is 0.750. The van der Waals surface area contributed by atoms with Crippen LogP contribution in [-0.4, -0.2) is 45.9 Å². The Hall–Kier alpha value is -1.36. The number of nitrogens with zero attached hydrogens (tertiary/aromatic N) is 3. The van der Waals surface area contributed by atoms with Crippen molar-refractivity contribution in [1.29, 1.82) is 0 Å². The van der Waals surface area contributed by atoms with Crippen LogP contribution in [0.4, 0.5) is 0 Å². The van der Waals surface area contributed by atoms with E-state index >= 15 is 0 Å². The predicted octanol–water partition coefficient (Wildman–Crippen LogP) is 2.33. The van der Waals surface area contributed by atoms with Crippen molar-refractivity contribution in [2.24, 2.45) is 5.92 Å². The second-order valence-corrected chi connectivity index (χ2v) is 6.26. The van der Waals surface area contributed by atoms with Crippen LogP contribution < -0.4 is 0 Å². The molecule has 0 bridgehead atoms. The number of hydrogen-bond acceptors (Lipinski definition) is 4. The van der Waals surface area contributed by atoms with E-state index in [1.807, 2.05) is 19.2 Å². The maximum absolute atomic E-state index is 12.5. The van der Waals surface area contributed by atoms with E-state index in [9.17, 15) is 4.79 Å². The third kappa shape index (κ3) is 4.56. The molecule has 0 saturated carbocycles. The summed E-state index contributed by atoms with van der Waals surface area (Å²) in [5.41, 5.74) is 0. The van der Waals surface area contributed by atoms with E-state index < -0.39 is 0 Å². The molecule has 0 spiro atoms. The van der Waals surface area contributed by atoms with E-state index in [0.717, 1.165) is 13.1 Å². The number of piperidine rings is 1. The van der Waals surface area contributed by atoms with Crippen molar-refractivity contribution in [2.75, 3.05) is 13.1 Å². The number of likely N-dealkylation sites (tertiary alicyclic amines) is 1. The fourth-order valence-electron chi connectivity index (χ4n) is 3.02. The second-order valence-electron chi connectivity index (χ2n) is 6.26. The number of carbonyl (C=O) groups is 1. The molecule has 0 unspecified atom stereocenters. The molecule has 21 heavy (non-hydrogen) atoms. The third-order valence-corrected chi connectivity index (χ3v) is 3.98. The highest BCUT2D eigenvalue weighted by molar-refractivity contribution is 5.76. The summed E-state index contributed by atoms with van der Waals surface area (Å²) in [4.78, 5) is 14.8. The predicted molar refractivity (Wildman–Crippen MR) is 81.8 cm³/mol. The Kier molecular flexibility index (Phi) is 5.79. The molecule has 0 amide bonds. The van der Waals surface area contributed by atoms with Crippen LogP contribution >= 0.6 is 0 Å². The minimum Gasteiger partial charge on any atom is -0.460 e. The van der Waals surface area contributed by atoms with Crippen molar-refractivity contribution in [1.82, 2.24) is 14.7 Å². The first-order valence-corrected chi connectivity index (χ1v) is 8.00. The first-order valence-electron chi connectivity index (χ1n) is 8.00. The lowest BCUT2D eigenvalue weighted by molar-refractivity contribution is -0.157. The van der Waals surface area contributed by atoms with Crippen LogP contribution in [0.15, 0.2) is 18.5 Å². The van der Waals surface area contributed by atoms with E-state index in [4.69, 9.17) is 4.74 Å². The summed E-state index contributed by atoms with van der Waals surface area (Å²) in [7, 11) is 0. The Morgan fingerprint density at radius 3 is 2.52 bits per heavy atom. The summed E-state index contributed by atoms with van der Waals surface area (Å²) >= 11 is 0. The smallest absolute Gasteiger partial charge is 0.323 e. The molecular weight excluding hydrogens is 266 g/mol. The van der Waals surface area contributed by atoms with E-state index in [1.54, 1.807) is 10.9 Å². The van der Waals surface area contributed by atoms with Gasteiger partial charge in [0.05, 0.1) is 6.54 Å². The maximum atomic E-state index is 12.5. The molecule has 0 N–H and O–H groups in total. The largest absolute Gasteiger partial charge is 0.460 e. The van der Waals surface area contributed by atoms with Crippen LogP contribution in [-0.2, 0) is 16.1 Å². The van der Waals surface area contributed by atoms with Crippen LogP contribution in [0.5, 0.6) is 0 Å². The lowest BCUT2D eigenvalue weighted by Gasteiger charge is -2.35. The first-order chi connectivity index (χ1) is 10.1.